The van der Waals surface area contributed by atoms with Gasteiger partial charge in [-0.05, 0) is 25.5 Å². The first-order chi connectivity index (χ1) is 11.4. The molecular formula is C16H17FN4O3. The highest BCUT2D eigenvalue weighted by atomic mass is 19.1. The van der Waals surface area contributed by atoms with Crippen LogP contribution in [0.25, 0.3) is 5.69 Å². The van der Waals surface area contributed by atoms with Crippen molar-refractivity contribution < 1.29 is 19.1 Å². The molecule has 1 saturated heterocycles. The minimum Gasteiger partial charge on any atom is -0.481 e. The topological polar surface area (TPSA) is 87.5 Å². The van der Waals surface area contributed by atoms with Crippen LogP contribution < -0.4 is 5.32 Å². The van der Waals surface area contributed by atoms with E-state index in [0.29, 0.717) is 18.7 Å². The second-order valence-electron chi connectivity index (χ2n) is 6.09. The third-order valence-corrected chi connectivity index (χ3v) is 4.21. The molecule has 1 aliphatic heterocycles. The average Bonchev–Trinajstić information content (AvgIpc) is 3.15. The van der Waals surface area contributed by atoms with Crippen molar-refractivity contribution in [3.8, 4) is 5.69 Å². The lowest BCUT2D eigenvalue weighted by molar-refractivity contribution is -0.146. The zero-order valence-electron chi connectivity index (χ0n) is 13.1. The van der Waals surface area contributed by atoms with Crippen molar-refractivity contribution in [3.63, 3.8) is 0 Å². The second kappa shape index (κ2) is 5.95. The standard InChI is InChI=1S/C16H17FN4O3/c1-16(14(22)23)6-7-20(10-16)15(24)19-11-8-18-21(9-11)13-5-3-2-4-12(13)17/h2-5,8-9H,6-7,10H2,1H3,(H,19,24)(H,22,23). The SMILES string of the molecule is CC1(C(=O)O)CCN(C(=O)Nc2cnn(-c3ccccc3F)c2)C1. The smallest absolute Gasteiger partial charge is 0.321 e. The highest BCUT2D eigenvalue weighted by molar-refractivity contribution is 5.90. The molecule has 2 N–H and O–H groups in total. The number of nitrogens with one attached hydrogen (secondary N) is 1. The van der Waals surface area contributed by atoms with Gasteiger partial charge >= 0.3 is 12.0 Å². The number of amides is 2. The molecule has 7 nitrogen and oxygen atoms in total. The maximum Gasteiger partial charge on any atom is 0.321 e. The first-order valence-electron chi connectivity index (χ1n) is 7.48. The van der Waals surface area contributed by atoms with Crippen LogP contribution >= 0.6 is 0 Å². The lowest BCUT2D eigenvalue weighted by Crippen LogP contribution is -2.37. The molecule has 1 aromatic heterocycles. The van der Waals surface area contributed by atoms with Gasteiger partial charge in [-0.15, -0.1) is 0 Å². The van der Waals surface area contributed by atoms with E-state index in [9.17, 15) is 19.1 Å². The van der Waals surface area contributed by atoms with E-state index in [0.717, 1.165) is 0 Å². The molecular weight excluding hydrogens is 315 g/mol. The molecule has 2 aromatic rings. The minimum atomic E-state index is -0.922. The lowest BCUT2D eigenvalue weighted by Gasteiger charge is -2.20. The number of aliphatic carboxylic acids is 1. The molecule has 8 heteroatoms. The molecule has 0 bridgehead atoms. The summed E-state index contributed by atoms with van der Waals surface area (Å²) in [5.74, 6) is -1.33. The molecule has 1 unspecified atom stereocenters. The van der Waals surface area contributed by atoms with Crippen LogP contribution in [0.15, 0.2) is 36.7 Å². The first kappa shape index (κ1) is 16.0. The Balaban J connectivity index is 1.69. The van der Waals surface area contributed by atoms with E-state index in [2.05, 4.69) is 10.4 Å². The van der Waals surface area contributed by atoms with Gasteiger partial charge in [0, 0.05) is 13.1 Å². The van der Waals surface area contributed by atoms with Crippen LogP contribution in [0, 0.1) is 11.2 Å². The number of carboxylic acid groups (broad SMARTS) is 1. The third-order valence-electron chi connectivity index (χ3n) is 4.21. The summed E-state index contributed by atoms with van der Waals surface area (Å²) in [6, 6.07) is 5.78. The Morgan fingerprint density at radius 2 is 2.12 bits per heavy atom. The number of carbonyl (C=O) groups excluding carboxylic acids is 1. The molecule has 1 atom stereocenters. The number of aromatic nitrogens is 2. The number of benzene rings is 1. The number of halogens is 1. The number of hydrogen-bond acceptors (Lipinski definition) is 3. The van der Waals surface area contributed by atoms with E-state index in [-0.39, 0.29) is 12.2 Å². The Kier molecular flexibility index (Phi) is 3.96. The monoisotopic (exact) mass is 332 g/mol. The number of carboxylic acids is 1. The lowest BCUT2D eigenvalue weighted by atomic mass is 9.90. The molecule has 0 saturated carbocycles. The summed E-state index contributed by atoms with van der Waals surface area (Å²) in [7, 11) is 0. The van der Waals surface area contributed by atoms with Crippen molar-refractivity contribution in [2.45, 2.75) is 13.3 Å². The molecule has 3 rings (SSSR count). The van der Waals surface area contributed by atoms with Crippen molar-refractivity contribution in [2.75, 3.05) is 18.4 Å². The zero-order valence-corrected chi connectivity index (χ0v) is 13.1. The number of likely N-dealkylation sites (tertiary alicyclic amines) is 1. The summed E-state index contributed by atoms with van der Waals surface area (Å²) in [6.07, 6.45) is 3.32. The van der Waals surface area contributed by atoms with Crippen molar-refractivity contribution in [2.24, 2.45) is 5.41 Å². The van der Waals surface area contributed by atoms with Gasteiger partial charge in [0.05, 0.1) is 23.5 Å². The largest absolute Gasteiger partial charge is 0.481 e. The maximum atomic E-state index is 13.7. The highest BCUT2D eigenvalue weighted by Crippen LogP contribution is 2.30. The number of urea groups is 1. The van der Waals surface area contributed by atoms with E-state index < -0.39 is 23.2 Å². The predicted octanol–water partition coefficient (Wildman–Crippen LogP) is 2.34. The Morgan fingerprint density at radius 3 is 2.79 bits per heavy atom. The molecule has 2 amide bonds. The summed E-state index contributed by atoms with van der Waals surface area (Å²) in [4.78, 5) is 24.9. The van der Waals surface area contributed by atoms with Crippen LogP contribution in [0.4, 0.5) is 14.9 Å². The van der Waals surface area contributed by atoms with Crippen LogP contribution in [-0.4, -0.2) is 44.9 Å². The molecule has 0 aliphatic carbocycles. The van der Waals surface area contributed by atoms with Gasteiger partial charge in [-0.1, -0.05) is 12.1 Å². The van der Waals surface area contributed by atoms with E-state index in [1.807, 2.05) is 0 Å². The van der Waals surface area contributed by atoms with Crippen molar-refractivity contribution in [3.05, 3.63) is 42.5 Å². The quantitative estimate of drug-likeness (QED) is 0.903. The molecule has 2 heterocycles. The molecule has 24 heavy (non-hydrogen) atoms. The predicted molar refractivity (Wildman–Crippen MR) is 84.5 cm³/mol. The van der Waals surface area contributed by atoms with Crippen molar-refractivity contribution in [1.29, 1.82) is 0 Å². The first-order valence-corrected chi connectivity index (χ1v) is 7.48. The van der Waals surface area contributed by atoms with Crippen LogP contribution in [0.5, 0.6) is 0 Å². The summed E-state index contributed by atoms with van der Waals surface area (Å²) in [5.41, 5.74) is -0.237. The number of para-hydroxylation sites is 1. The van der Waals surface area contributed by atoms with E-state index in [1.54, 1.807) is 25.1 Å². The second-order valence-corrected chi connectivity index (χ2v) is 6.09. The Bertz CT molecular complexity index is 791. The van der Waals surface area contributed by atoms with E-state index >= 15 is 0 Å². The van der Waals surface area contributed by atoms with E-state index in [4.69, 9.17) is 0 Å². The highest BCUT2D eigenvalue weighted by Gasteiger charge is 2.42. The number of hydrogen-bond donors (Lipinski definition) is 2. The van der Waals surface area contributed by atoms with Gasteiger partial charge in [0.1, 0.15) is 11.5 Å². The van der Waals surface area contributed by atoms with Crippen molar-refractivity contribution >= 4 is 17.7 Å². The molecule has 126 valence electrons. The molecule has 1 aliphatic rings. The molecule has 1 fully saturated rings. The Labute approximate surface area is 137 Å². The van der Waals surface area contributed by atoms with Crippen LogP contribution in [-0.2, 0) is 4.79 Å². The maximum absolute atomic E-state index is 13.7. The van der Waals surface area contributed by atoms with Gasteiger partial charge in [-0.3, -0.25) is 4.79 Å². The van der Waals surface area contributed by atoms with Crippen LogP contribution in [0.3, 0.4) is 0 Å². The summed E-state index contributed by atoms with van der Waals surface area (Å²) < 4.78 is 15.1. The Hall–Kier alpha value is -2.90. The fourth-order valence-corrected chi connectivity index (χ4v) is 2.67. The average molecular weight is 332 g/mol. The Morgan fingerprint density at radius 1 is 1.38 bits per heavy atom. The van der Waals surface area contributed by atoms with Crippen molar-refractivity contribution in [1.82, 2.24) is 14.7 Å². The molecule has 0 spiro atoms. The minimum absolute atomic E-state index is 0.148. The number of carbonyl (C=O) groups is 2. The third kappa shape index (κ3) is 2.94. The van der Waals surface area contributed by atoms with Gasteiger partial charge in [-0.25, -0.2) is 13.9 Å². The number of rotatable bonds is 3. The van der Waals surface area contributed by atoms with Gasteiger partial charge in [0.15, 0.2) is 0 Å². The van der Waals surface area contributed by atoms with Gasteiger partial charge in [-0.2, -0.15) is 5.10 Å². The molecule has 1 aromatic carbocycles. The normalized spacial score (nSPS) is 20.2. The molecule has 0 radical (unpaired) electrons. The summed E-state index contributed by atoms with van der Waals surface area (Å²) in [5, 5.41) is 15.9. The summed E-state index contributed by atoms with van der Waals surface area (Å²) >= 11 is 0. The fourth-order valence-electron chi connectivity index (χ4n) is 2.67. The fraction of sp³-hybridized carbons (Fsp3) is 0.312. The van der Waals surface area contributed by atoms with Gasteiger partial charge in [0.25, 0.3) is 0 Å². The van der Waals surface area contributed by atoms with Crippen LogP contribution in [0.1, 0.15) is 13.3 Å². The summed E-state index contributed by atoms with van der Waals surface area (Å²) in [6.45, 7) is 2.14. The van der Waals surface area contributed by atoms with Crippen LogP contribution in [0.2, 0.25) is 0 Å². The number of anilines is 1. The number of nitrogens with zero attached hydrogens (tertiary/aromatic N) is 3. The van der Waals surface area contributed by atoms with E-state index in [1.165, 1.54) is 28.0 Å². The van der Waals surface area contributed by atoms with Gasteiger partial charge < -0.3 is 15.3 Å². The van der Waals surface area contributed by atoms with Gasteiger partial charge in [0.2, 0.25) is 0 Å². The zero-order chi connectivity index (χ0) is 17.3.